The number of nitro benzene ring substituents is 1. The van der Waals surface area contributed by atoms with Crippen molar-refractivity contribution in [2.24, 2.45) is 5.41 Å². The van der Waals surface area contributed by atoms with Gasteiger partial charge in [0.2, 0.25) is 0 Å². The predicted octanol–water partition coefficient (Wildman–Crippen LogP) is 3.87. The van der Waals surface area contributed by atoms with Gasteiger partial charge >= 0.3 is 0 Å². The summed E-state index contributed by atoms with van der Waals surface area (Å²) in [5, 5.41) is 20.8. The van der Waals surface area contributed by atoms with Crippen LogP contribution >= 0.6 is 11.6 Å². The maximum absolute atomic E-state index is 11.0. The first-order valence-corrected chi connectivity index (χ1v) is 6.28. The second kappa shape index (κ2) is 4.95. The lowest BCUT2D eigenvalue weighted by atomic mass is 9.81. The Labute approximate surface area is 110 Å². The molecular formula is C13H13ClN2O2. The molecule has 0 aromatic heterocycles. The van der Waals surface area contributed by atoms with E-state index in [1.807, 2.05) is 0 Å². The van der Waals surface area contributed by atoms with Gasteiger partial charge in [-0.1, -0.05) is 24.4 Å². The number of nitro groups is 1. The van der Waals surface area contributed by atoms with Crippen LogP contribution in [-0.4, -0.2) is 4.92 Å². The number of benzene rings is 1. The minimum absolute atomic E-state index is 0.0564. The molecule has 0 spiro atoms. The Morgan fingerprint density at radius 1 is 1.44 bits per heavy atom. The molecule has 0 N–H and O–H groups in total. The van der Waals surface area contributed by atoms with E-state index in [1.165, 1.54) is 12.1 Å². The molecule has 4 nitrogen and oxygen atoms in total. The van der Waals surface area contributed by atoms with Crippen LogP contribution in [-0.2, 0) is 6.42 Å². The average Bonchev–Trinajstić information content (AvgIpc) is 2.78. The summed E-state index contributed by atoms with van der Waals surface area (Å²) in [6.45, 7) is 0. The molecule has 5 heteroatoms. The largest absolute Gasteiger partial charge is 0.272 e. The maximum atomic E-state index is 11.0. The summed E-state index contributed by atoms with van der Waals surface area (Å²) in [5.74, 6) is 0. The minimum atomic E-state index is -0.449. The van der Waals surface area contributed by atoms with Gasteiger partial charge in [-0.25, -0.2) is 0 Å². The number of hydrogen-bond donors (Lipinski definition) is 0. The number of halogens is 1. The van der Waals surface area contributed by atoms with E-state index in [4.69, 9.17) is 11.6 Å². The zero-order valence-electron chi connectivity index (χ0n) is 9.86. The molecule has 2 rings (SSSR count). The number of nitrogens with zero attached hydrogens (tertiary/aromatic N) is 2. The molecule has 94 valence electrons. The van der Waals surface area contributed by atoms with Gasteiger partial charge < -0.3 is 0 Å². The monoisotopic (exact) mass is 264 g/mol. The van der Waals surface area contributed by atoms with Crippen LogP contribution in [0.2, 0.25) is 5.02 Å². The number of hydrogen-bond acceptors (Lipinski definition) is 3. The van der Waals surface area contributed by atoms with Crippen molar-refractivity contribution in [3.8, 4) is 6.07 Å². The Balaban J connectivity index is 2.36. The SMILES string of the molecule is N#CC1(Cc2cc(Cl)ccc2[N+](=O)[O-])CCCC1. The van der Waals surface area contributed by atoms with Gasteiger partial charge in [0, 0.05) is 16.7 Å². The summed E-state index contributed by atoms with van der Waals surface area (Å²) in [6.07, 6.45) is 4.07. The first-order chi connectivity index (χ1) is 8.56. The standard InChI is InChI=1S/C13H13ClN2O2/c14-11-3-4-12(16(17)18)10(7-11)8-13(9-15)5-1-2-6-13/h3-4,7H,1-2,5-6,8H2. The molecule has 0 atom stereocenters. The van der Waals surface area contributed by atoms with Crippen LogP contribution in [0, 0.1) is 26.9 Å². The Hall–Kier alpha value is -1.60. The summed E-state index contributed by atoms with van der Waals surface area (Å²) in [4.78, 5) is 10.6. The Kier molecular flexibility index (Phi) is 3.53. The highest BCUT2D eigenvalue weighted by atomic mass is 35.5. The molecule has 0 amide bonds. The molecular weight excluding hydrogens is 252 g/mol. The third kappa shape index (κ3) is 2.46. The van der Waals surface area contributed by atoms with E-state index >= 15 is 0 Å². The normalized spacial score (nSPS) is 17.3. The Morgan fingerprint density at radius 2 is 2.11 bits per heavy atom. The van der Waals surface area contributed by atoms with Crippen LogP contribution in [0.4, 0.5) is 5.69 Å². The predicted molar refractivity (Wildman–Crippen MR) is 68.3 cm³/mol. The number of rotatable bonds is 3. The van der Waals surface area contributed by atoms with Gasteiger partial charge in [-0.2, -0.15) is 5.26 Å². The van der Waals surface area contributed by atoms with E-state index in [0.29, 0.717) is 17.0 Å². The van der Waals surface area contributed by atoms with Crippen LogP contribution in [0.3, 0.4) is 0 Å². The highest BCUT2D eigenvalue weighted by Crippen LogP contribution is 2.42. The topological polar surface area (TPSA) is 66.9 Å². The van der Waals surface area contributed by atoms with E-state index in [9.17, 15) is 15.4 Å². The zero-order chi connectivity index (χ0) is 13.2. The maximum Gasteiger partial charge on any atom is 0.272 e. The van der Waals surface area contributed by atoms with Gasteiger partial charge in [-0.05, 0) is 31.4 Å². The van der Waals surface area contributed by atoms with Crippen LogP contribution in [0.15, 0.2) is 18.2 Å². The van der Waals surface area contributed by atoms with Crippen molar-refractivity contribution >= 4 is 17.3 Å². The molecule has 18 heavy (non-hydrogen) atoms. The van der Waals surface area contributed by atoms with Gasteiger partial charge in [-0.3, -0.25) is 10.1 Å². The zero-order valence-corrected chi connectivity index (χ0v) is 10.6. The second-order valence-corrected chi connectivity index (χ2v) is 5.24. The van der Waals surface area contributed by atoms with E-state index in [0.717, 1.165) is 25.7 Å². The Morgan fingerprint density at radius 3 is 2.67 bits per heavy atom. The fourth-order valence-electron chi connectivity index (χ4n) is 2.62. The van der Waals surface area contributed by atoms with Crippen molar-refractivity contribution in [3.05, 3.63) is 38.9 Å². The molecule has 0 saturated heterocycles. The molecule has 0 bridgehead atoms. The molecule has 1 aromatic carbocycles. The van der Waals surface area contributed by atoms with Gasteiger partial charge in [0.15, 0.2) is 0 Å². The number of nitriles is 1. The van der Waals surface area contributed by atoms with Crippen LogP contribution in [0.1, 0.15) is 31.2 Å². The van der Waals surface area contributed by atoms with E-state index < -0.39 is 10.3 Å². The van der Waals surface area contributed by atoms with Crippen molar-refractivity contribution in [2.75, 3.05) is 0 Å². The summed E-state index contributed by atoms with van der Waals surface area (Å²) < 4.78 is 0. The van der Waals surface area contributed by atoms with Crippen LogP contribution < -0.4 is 0 Å². The smallest absolute Gasteiger partial charge is 0.258 e. The molecule has 0 radical (unpaired) electrons. The molecule has 0 unspecified atom stereocenters. The van der Waals surface area contributed by atoms with E-state index in [2.05, 4.69) is 6.07 Å². The second-order valence-electron chi connectivity index (χ2n) is 4.81. The molecule has 1 saturated carbocycles. The van der Waals surface area contributed by atoms with Gasteiger partial charge in [0.1, 0.15) is 0 Å². The average molecular weight is 265 g/mol. The quantitative estimate of drug-likeness (QED) is 0.615. The van der Waals surface area contributed by atoms with Crippen LogP contribution in [0.5, 0.6) is 0 Å². The molecule has 0 heterocycles. The lowest BCUT2D eigenvalue weighted by molar-refractivity contribution is -0.385. The van der Waals surface area contributed by atoms with Crippen molar-refractivity contribution in [1.29, 1.82) is 5.26 Å². The molecule has 1 aliphatic carbocycles. The van der Waals surface area contributed by atoms with Crippen molar-refractivity contribution < 1.29 is 4.92 Å². The van der Waals surface area contributed by atoms with Crippen LogP contribution in [0.25, 0.3) is 0 Å². The van der Waals surface area contributed by atoms with Crippen molar-refractivity contribution in [2.45, 2.75) is 32.1 Å². The summed E-state index contributed by atoms with van der Waals surface area (Å²) >= 11 is 5.89. The summed E-state index contributed by atoms with van der Waals surface area (Å²) in [7, 11) is 0. The molecule has 0 aliphatic heterocycles. The molecule has 1 aliphatic rings. The van der Waals surface area contributed by atoms with Crippen molar-refractivity contribution in [1.82, 2.24) is 0 Å². The molecule has 1 fully saturated rings. The van der Waals surface area contributed by atoms with E-state index in [1.54, 1.807) is 6.07 Å². The third-order valence-corrected chi connectivity index (χ3v) is 3.80. The fourth-order valence-corrected chi connectivity index (χ4v) is 2.81. The highest BCUT2D eigenvalue weighted by molar-refractivity contribution is 6.30. The van der Waals surface area contributed by atoms with E-state index in [-0.39, 0.29) is 5.69 Å². The molecule has 1 aromatic rings. The van der Waals surface area contributed by atoms with Gasteiger partial charge in [0.25, 0.3) is 5.69 Å². The van der Waals surface area contributed by atoms with Crippen molar-refractivity contribution in [3.63, 3.8) is 0 Å². The highest BCUT2D eigenvalue weighted by Gasteiger charge is 2.36. The fraction of sp³-hybridized carbons (Fsp3) is 0.462. The summed E-state index contributed by atoms with van der Waals surface area (Å²) in [5.41, 5.74) is 0.173. The Bertz CT molecular complexity index is 516. The van der Waals surface area contributed by atoms with Gasteiger partial charge in [0.05, 0.1) is 16.4 Å². The third-order valence-electron chi connectivity index (χ3n) is 3.56. The lowest BCUT2D eigenvalue weighted by Crippen LogP contribution is -2.17. The minimum Gasteiger partial charge on any atom is -0.258 e. The first-order valence-electron chi connectivity index (χ1n) is 5.90. The van der Waals surface area contributed by atoms with Gasteiger partial charge in [-0.15, -0.1) is 0 Å². The lowest BCUT2D eigenvalue weighted by Gasteiger charge is -2.19. The summed E-state index contributed by atoms with van der Waals surface area (Å²) in [6, 6.07) is 6.88. The first kappa shape index (κ1) is 12.8.